The van der Waals surface area contributed by atoms with Crippen LogP contribution in [0.1, 0.15) is 24.0 Å². The number of carbonyl (C=O) groups excluding carboxylic acids is 3. The third-order valence-corrected chi connectivity index (χ3v) is 5.95. The summed E-state index contributed by atoms with van der Waals surface area (Å²) in [5, 5.41) is 19.4. The molecule has 1 atom stereocenters. The molecule has 0 saturated carbocycles. The van der Waals surface area contributed by atoms with Gasteiger partial charge in [0.15, 0.2) is 0 Å². The van der Waals surface area contributed by atoms with Crippen LogP contribution in [0.3, 0.4) is 0 Å². The van der Waals surface area contributed by atoms with E-state index in [9.17, 15) is 24.3 Å². The first kappa shape index (κ1) is 27.2. The second-order valence-electron chi connectivity index (χ2n) is 8.57. The van der Waals surface area contributed by atoms with E-state index in [0.29, 0.717) is 30.8 Å². The molecule has 2 aromatic carbocycles. The van der Waals surface area contributed by atoms with Crippen LogP contribution in [0.25, 0.3) is 0 Å². The van der Waals surface area contributed by atoms with Gasteiger partial charge in [0, 0.05) is 31.7 Å². The maximum absolute atomic E-state index is 12.8. The van der Waals surface area contributed by atoms with Gasteiger partial charge < -0.3 is 30.7 Å². The lowest BCUT2D eigenvalue weighted by Gasteiger charge is -2.37. The van der Waals surface area contributed by atoms with Gasteiger partial charge in [0.25, 0.3) is 0 Å². The average molecular weight is 510 g/mol. The van der Waals surface area contributed by atoms with Crippen LogP contribution in [0.15, 0.2) is 54.6 Å². The summed E-state index contributed by atoms with van der Waals surface area (Å²) >= 11 is 0. The lowest BCUT2D eigenvalue weighted by Crippen LogP contribution is -2.61. The molecule has 1 fully saturated rings. The molecule has 0 aromatic heterocycles. The van der Waals surface area contributed by atoms with Gasteiger partial charge in [-0.1, -0.05) is 30.3 Å². The van der Waals surface area contributed by atoms with E-state index in [1.807, 2.05) is 30.3 Å². The normalized spacial score (nSPS) is 14.3. The summed E-state index contributed by atoms with van der Waals surface area (Å²) in [7, 11) is 0. The Morgan fingerprint density at radius 3 is 2.41 bits per heavy atom. The fraction of sp³-hybridized carbons (Fsp3) is 0.346. The first-order valence-electron chi connectivity index (χ1n) is 12.0. The zero-order valence-corrected chi connectivity index (χ0v) is 20.4. The lowest BCUT2D eigenvalue weighted by atomic mass is 10.1. The van der Waals surface area contributed by atoms with Crippen molar-refractivity contribution >= 4 is 29.5 Å². The van der Waals surface area contributed by atoms with E-state index in [-0.39, 0.29) is 32.0 Å². The number of amidine groups is 1. The Labute approximate surface area is 214 Å². The van der Waals surface area contributed by atoms with Gasteiger partial charge >= 0.3 is 17.8 Å². The zero-order valence-electron chi connectivity index (χ0n) is 20.4. The predicted octanol–water partition coefficient (Wildman–Crippen LogP) is 0.613. The molecule has 0 aliphatic carbocycles. The van der Waals surface area contributed by atoms with E-state index in [0.717, 1.165) is 10.5 Å². The van der Waals surface area contributed by atoms with Gasteiger partial charge in [-0.25, -0.2) is 0 Å². The molecule has 3 rings (SSSR count). The molecule has 11 nitrogen and oxygen atoms in total. The number of ether oxygens (including phenoxy) is 1. The van der Waals surface area contributed by atoms with Crippen molar-refractivity contribution in [3.05, 3.63) is 65.7 Å². The van der Waals surface area contributed by atoms with Crippen LogP contribution < -0.4 is 15.8 Å². The van der Waals surface area contributed by atoms with Crippen LogP contribution in [0.5, 0.6) is 5.75 Å². The van der Waals surface area contributed by atoms with Crippen LogP contribution >= 0.6 is 0 Å². The number of amides is 3. The predicted molar refractivity (Wildman–Crippen MR) is 135 cm³/mol. The van der Waals surface area contributed by atoms with Gasteiger partial charge in [-0.05, 0) is 42.7 Å². The number of carboxylic acid groups (broad SMARTS) is 1. The van der Waals surface area contributed by atoms with Gasteiger partial charge in [-0.2, -0.15) is 0 Å². The SMILES string of the molecule is N=C(N)c1ccc(OCCCN2CCN(C(CC(=O)O)C(=O)NCCc3ccccc3)C(=O)C2=O)cc1. The van der Waals surface area contributed by atoms with Crippen molar-refractivity contribution in [2.45, 2.75) is 25.3 Å². The number of piperazine rings is 1. The van der Waals surface area contributed by atoms with Crippen molar-refractivity contribution in [3.63, 3.8) is 0 Å². The number of carboxylic acids is 1. The van der Waals surface area contributed by atoms with E-state index in [2.05, 4.69) is 5.32 Å². The quantitative estimate of drug-likeness (QED) is 0.133. The van der Waals surface area contributed by atoms with E-state index in [1.54, 1.807) is 24.3 Å². The summed E-state index contributed by atoms with van der Waals surface area (Å²) in [5.41, 5.74) is 7.02. The van der Waals surface area contributed by atoms with Gasteiger partial charge in [0.2, 0.25) is 5.91 Å². The van der Waals surface area contributed by atoms with Crippen LogP contribution in [-0.4, -0.2) is 83.3 Å². The van der Waals surface area contributed by atoms with E-state index >= 15 is 0 Å². The fourth-order valence-corrected chi connectivity index (χ4v) is 3.98. The summed E-state index contributed by atoms with van der Waals surface area (Å²) in [6.45, 7) is 1.09. The Balaban J connectivity index is 1.49. The molecule has 1 aliphatic heterocycles. The van der Waals surface area contributed by atoms with Crippen molar-refractivity contribution in [3.8, 4) is 5.75 Å². The van der Waals surface area contributed by atoms with Crippen molar-refractivity contribution in [1.29, 1.82) is 5.41 Å². The molecule has 37 heavy (non-hydrogen) atoms. The smallest absolute Gasteiger partial charge is 0.312 e. The molecule has 1 aliphatic rings. The van der Waals surface area contributed by atoms with Crippen molar-refractivity contribution in [2.24, 2.45) is 5.73 Å². The molecule has 0 radical (unpaired) electrons. The molecule has 5 N–H and O–H groups in total. The number of benzene rings is 2. The Morgan fingerprint density at radius 1 is 1.05 bits per heavy atom. The highest BCUT2D eigenvalue weighted by Crippen LogP contribution is 2.15. The van der Waals surface area contributed by atoms with Gasteiger partial charge in [0.1, 0.15) is 17.6 Å². The number of nitrogens with one attached hydrogen (secondary N) is 2. The van der Waals surface area contributed by atoms with Crippen LogP contribution in [0.4, 0.5) is 0 Å². The summed E-state index contributed by atoms with van der Waals surface area (Å²) in [5.74, 6) is -2.95. The summed E-state index contributed by atoms with van der Waals surface area (Å²) in [6.07, 6.45) is 0.425. The van der Waals surface area contributed by atoms with Crippen molar-refractivity contribution in [1.82, 2.24) is 15.1 Å². The van der Waals surface area contributed by atoms with E-state index in [1.165, 1.54) is 4.90 Å². The molecule has 2 aromatic rings. The Kier molecular flexibility index (Phi) is 9.59. The summed E-state index contributed by atoms with van der Waals surface area (Å²) in [4.78, 5) is 52.1. The van der Waals surface area contributed by atoms with Crippen LogP contribution in [-0.2, 0) is 25.6 Å². The summed E-state index contributed by atoms with van der Waals surface area (Å²) in [6, 6.07) is 14.9. The zero-order chi connectivity index (χ0) is 26.8. The highest BCUT2D eigenvalue weighted by Gasteiger charge is 2.39. The number of aliphatic carboxylic acids is 1. The number of nitrogen functional groups attached to an aromatic ring is 1. The van der Waals surface area contributed by atoms with Gasteiger partial charge in [-0.15, -0.1) is 0 Å². The number of nitrogens with two attached hydrogens (primary N) is 1. The number of rotatable bonds is 13. The van der Waals surface area contributed by atoms with E-state index in [4.69, 9.17) is 15.9 Å². The van der Waals surface area contributed by atoms with Gasteiger partial charge in [-0.3, -0.25) is 24.6 Å². The van der Waals surface area contributed by atoms with Crippen LogP contribution in [0.2, 0.25) is 0 Å². The molecule has 1 unspecified atom stereocenters. The minimum absolute atomic E-state index is 0.0378. The van der Waals surface area contributed by atoms with Crippen molar-refractivity contribution < 1.29 is 29.0 Å². The average Bonchev–Trinajstić information content (AvgIpc) is 2.88. The Bertz CT molecular complexity index is 1120. The molecule has 0 bridgehead atoms. The highest BCUT2D eigenvalue weighted by atomic mass is 16.5. The maximum atomic E-state index is 12.8. The van der Waals surface area contributed by atoms with Crippen LogP contribution in [0, 0.1) is 5.41 Å². The lowest BCUT2D eigenvalue weighted by molar-refractivity contribution is -0.160. The fourth-order valence-electron chi connectivity index (χ4n) is 3.98. The molecule has 3 amide bonds. The first-order chi connectivity index (χ1) is 17.8. The largest absolute Gasteiger partial charge is 0.494 e. The molecule has 196 valence electrons. The number of hydrogen-bond donors (Lipinski definition) is 4. The van der Waals surface area contributed by atoms with Crippen molar-refractivity contribution in [2.75, 3.05) is 32.8 Å². The van der Waals surface area contributed by atoms with Gasteiger partial charge in [0.05, 0.1) is 13.0 Å². The first-order valence-corrected chi connectivity index (χ1v) is 12.0. The third kappa shape index (κ3) is 7.79. The Morgan fingerprint density at radius 2 is 1.76 bits per heavy atom. The molecular formula is C26H31N5O6. The monoisotopic (exact) mass is 509 g/mol. The van der Waals surface area contributed by atoms with E-state index < -0.39 is 36.2 Å². The standard InChI is InChI=1S/C26H31N5O6/c27-23(28)19-7-9-20(10-8-19)37-16-4-13-30-14-15-31(26(36)25(30)35)21(17-22(32)33)24(34)29-12-11-18-5-2-1-3-6-18/h1-3,5-10,21H,4,11-17H2,(H3,27,28)(H,29,34)(H,32,33). The molecule has 1 saturated heterocycles. The number of nitrogens with zero attached hydrogens (tertiary/aromatic N) is 2. The number of carbonyl (C=O) groups is 4. The summed E-state index contributed by atoms with van der Waals surface area (Å²) < 4.78 is 5.64. The highest BCUT2D eigenvalue weighted by molar-refractivity contribution is 6.35. The third-order valence-electron chi connectivity index (χ3n) is 5.95. The second kappa shape index (κ2) is 13.1. The molecule has 11 heteroatoms. The maximum Gasteiger partial charge on any atom is 0.312 e. The minimum Gasteiger partial charge on any atom is -0.494 e. The Hall–Kier alpha value is -4.41. The minimum atomic E-state index is -1.27. The molecule has 1 heterocycles. The molecule has 0 spiro atoms. The second-order valence-corrected chi connectivity index (χ2v) is 8.57. The molecular weight excluding hydrogens is 478 g/mol. The number of hydrogen-bond acceptors (Lipinski definition) is 6. The topological polar surface area (TPSA) is 166 Å².